The van der Waals surface area contributed by atoms with Crippen molar-refractivity contribution in [2.45, 2.75) is 19.9 Å². The molecular formula is C23H24N4O3S. The average molecular weight is 437 g/mol. The van der Waals surface area contributed by atoms with E-state index in [1.165, 1.54) is 11.3 Å². The number of methoxy groups -OCH3 is 1. The van der Waals surface area contributed by atoms with Gasteiger partial charge in [-0.15, -0.1) is 0 Å². The van der Waals surface area contributed by atoms with Crippen molar-refractivity contribution in [2.75, 3.05) is 25.2 Å². The standard InChI is InChI=1S/C23H24N4O3S/c1-17-6-3-4-7-20(17)30-15-22(28)27(12-5-11-26-13-10-24-16-26)23-25-19-9-8-18(29-2)14-21(19)31-23/h3-4,6-10,13-14,16H,5,11-12,15H2,1-2H3. The van der Waals surface area contributed by atoms with Crippen molar-refractivity contribution in [3.8, 4) is 11.5 Å². The molecule has 160 valence electrons. The van der Waals surface area contributed by atoms with Crippen molar-refractivity contribution < 1.29 is 14.3 Å². The summed E-state index contributed by atoms with van der Waals surface area (Å²) in [7, 11) is 1.64. The highest BCUT2D eigenvalue weighted by Gasteiger charge is 2.20. The van der Waals surface area contributed by atoms with Crippen LogP contribution >= 0.6 is 11.3 Å². The Bertz CT molecular complexity index is 1160. The summed E-state index contributed by atoms with van der Waals surface area (Å²) in [5, 5.41) is 0.660. The van der Waals surface area contributed by atoms with Crippen molar-refractivity contribution >= 4 is 32.6 Å². The van der Waals surface area contributed by atoms with Gasteiger partial charge in [-0.2, -0.15) is 0 Å². The van der Waals surface area contributed by atoms with Crippen molar-refractivity contribution in [2.24, 2.45) is 0 Å². The van der Waals surface area contributed by atoms with Gasteiger partial charge in [-0.05, 0) is 43.2 Å². The summed E-state index contributed by atoms with van der Waals surface area (Å²) < 4.78 is 14.1. The molecule has 4 rings (SSSR count). The molecular weight excluding hydrogens is 412 g/mol. The molecule has 0 aliphatic heterocycles. The lowest BCUT2D eigenvalue weighted by molar-refractivity contribution is -0.120. The van der Waals surface area contributed by atoms with Gasteiger partial charge in [0.1, 0.15) is 11.5 Å². The molecule has 0 saturated carbocycles. The van der Waals surface area contributed by atoms with Gasteiger partial charge in [-0.1, -0.05) is 29.5 Å². The monoisotopic (exact) mass is 436 g/mol. The number of para-hydroxylation sites is 1. The van der Waals surface area contributed by atoms with Gasteiger partial charge in [0.2, 0.25) is 0 Å². The molecule has 2 heterocycles. The van der Waals surface area contributed by atoms with E-state index in [1.807, 2.05) is 60.2 Å². The van der Waals surface area contributed by atoms with E-state index in [0.717, 1.165) is 34.5 Å². The molecule has 1 amide bonds. The van der Waals surface area contributed by atoms with Gasteiger partial charge < -0.3 is 14.0 Å². The second kappa shape index (κ2) is 9.61. The number of anilines is 1. The lowest BCUT2D eigenvalue weighted by atomic mass is 10.2. The van der Waals surface area contributed by atoms with Crippen LogP contribution in [-0.2, 0) is 11.3 Å². The topological polar surface area (TPSA) is 69.5 Å². The van der Waals surface area contributed by atoms with E-state index in [0.29, 0.717) is 17.4 Å². The molecule has 0 fully saturated rings. The SMILES string of the molecule is COc1ccc2nc(N(CCCn3ccnc3)C(=O)COc3ccccc3C)sc2c1. The molecule has 0 atom stereocenters. The van der Waals surface area contributed by atoms with Crippen molar-refractivity contribution in [3.05, 3.63) is 66.7 Å². The highest BCUT2D eigenvalue weighted by Crippen LogP contribution is 2.31. The van der Waals surface area contributed by atoms with E-state index in [-0.39, 0.29) is 12.5 Å². The number of hydrogen-bond donors (Lipinski definition) is 0. The van der Waals surface area contributed by atoms with Gasteiger partial charge in [-0.3, -0.25) is 9.69 Å². The number of carbonyl (C=O) groups excluding carboxylic acids is 1. The number of imidazole rings is 1. The first-order valence-corrected chi connectivity index (χ1v) is 10.8. The van der Waals surface area contributed by atoms with Crippen molar-refractivity contribution in [1.82, 2.24) is 14.5 Å². The first-order valence-electron chi connectivity index (χ1n) is 10.0. The fraction of sp³-hybridized carbons (Fsp3) is 0.261. The zero-order valence-electron chi connectivity index (χ0n) is 17.5. The number of aryl methyl sites for hydroxylation is 2. The van der Waals surface area contributed by atoms with Crippen LogP contribution in [0.1, 0.15) is 12.0 Å². The Kier molecular flexibility index (Phi) is 6.47. The second-order valence-corrected chi connectivity index (χ2v) is 8.09. The molecule has 2 aromatic heterocycles. The molecule has 31 heavy (non-hydrogen) atoms. The van der Waals surface area contributed by atoms with Crippen LogP contribution in [0.2, 0.25) is 0 Å². The third kappa shape index (κ3) is 5.03. The zero-order chi connectivity index (χ0) is 21.6. The number of carbonyl (C=O) groups is 1. The van der Waals surface area contributed by atoms with Crippen LogP contribution in [0.4, 0.5) is 5.13 Å². The molecule has 0 unspecified atom stereocenters. The fourth-order valence-electron chi connectivity index (χ4n) is 3.23. The molecule has 0 aliphatic carbocycles. The van der Waals surface area contributed by atoms with E-state index in [2.05, 4.69) is 4.98 Å². The Balaban J connectivity index is 1.52. The van der Waals surface area contributed by atoms with Gasteiger partial charge in [0.25, 0.3) is 5.91 Å². The minimum atomic E-state index is -0.125. The van der Waals surface area contributed by atoms with E-state index in [4.69, 9.17) is 14.5 Å². The van der Waals surface area contributed by atoms with Crippen LogP contribution in [0, 0.1) is 6.92 Å². The zero-order valence-corrected chi connectivity index (χ0v) is 18.3. The molecule has 0 aliphatic rings. The van der Waals surface area contributed by atoms with Crippen LogP contribution in [0.15, 0.2) is 61.2 Å². The van der Waals surface area contributed by atoms with Crippen LogP contribution < -0.4 is 14.4 Å². The normalized spacial score (nSPS) is 10.9. The number of amides is 1. The summed E-state index contributed by atoms with van der Waals surface area (Å²) in [6, 6.07) is 13.4. The summed E-state index contributed by atoms with van der Waals surface area (Å²) in [6.07, 6.45) is 6.21. The lowest BCUT2D eigenvalue weighted by Crippen LogP contribution is -2.36. The maximum absolute atomic E-state index is 13.1. The van der Waals surface area contributed by atoms with Gasteiger partial charge in [-0.25, -0.2) is 9.97 Å². The van der Waals surface area contributed by atoms with Gasteiger partial charge in [0, 0.05) is 25.5 Å². The van der Waals surface area contributed by atoms with Gasteiger partial charge >= 0.3 is 0 Å². The number of fused-ring (bicyclic) bond motifs is 1. The highest BCUT2D eigenvalue weighted by atomic mass is 32.1. The van der Waals surface area contributed by atoms with Gasteiger partial charge in [0.05, 0.1) is 23.7 Å². The summed E-state index contributed by atoms with van der Waals surface area (Å²) >= 11 is 1.48. The fourth-order valence-corrected chi connectivity index (χ4v) is 4.27. The predicted molar refractivity (Wildman–Crippen MR) is 122 cm³/mol. The highest BCUT2D eigenvalue weighted by molar-refractivity contribution is 7.22. The second-order valence-electron chi connectivity index (χ2n) is 7.08. The molecule has 0 bridgehead atoms. The predicted octanol–water partition coefficient (Wildman–Crippen LogP) is 4.31. The number of hydrogen-bond acceptors (Lipinski definition) is 6. The van der Waals surface area contributed by atoms with Crippen LogP contribution in [0.5, 0.6) is 11.5 Å². The molecule has 2 aromatic carbocycles. The minimum absolute atomic E-state index is 0.0465. The molecule has 0 radical (unpaired) electrons. The maximum Gasteiger partial charge on any atom is 0.266 e. The molecule has 7 nitrogen and oxygen atoms in total. The van der Waals surface area contributed by atoms with Crippen LogP contribution in [0.25, 0.3) is 10.2 Å². The molecule has 0 N–H and O–H groups in total. The summed E-state index contributed by atoms with van der Waals surface area (Å²) in [6.45, 7) is 3.21. The van der Waals surface area contributed by atoms with E-state index >= 15 is 0 Å². The molecule has 0 spiro atoms. The smallest absolute Gasteiger partial charge is 0.266 e. The third-order valence-electron chi connectivity index (χ3n) is 4.92. The Hall–Kier alpha value is -3.39. The Morgan fingerprint density at radius 1 is 1.23 bits per heavy atom. The van der Waals surface area contributed by atoms with E-state index in [1.54, 1.807) is 24.5 Å². The maximum atomic E-state index is 13.1. The average Bonchev–Trinajstić information content (AvgIpc) is 3.45. The first-order chi connectivity index (χ1) is 15.1. The van der Waals surface area contributed by atoms with Gasteiger partial charge in [0.15, 0.2) is 11.7 Å². The third-order valence-corrected chi connectivity index (χ3v) is 5.96. The summed E-state index contributed by atoms with van der Waals surface area (Å²) in [5.41, 5.74) is 1.84. The Morgan fingerprint density at radius 2 is 2.10 bits per heavy atom. The quantitative estimate of drug-likeness (QED) is 0.391. The largest absolute Gasteiger partial charge is 0.497 e. The first kappa shape index (κ1) is 20.9. The van der Waals surface area contributed by atoms with Crippen molar-refractivity contribution in [1.29, 1.82) is 0 Å². The Labute approximate surface area is 184 Å². The number of aromatic nitrogens is 3. The van der Waals surface area contributed by atoms with Crippen LogP contribution in [-0.4, -0.2) is 40.7 Å². The van der Waals surface area contributed by atoms with Crippen molar-refractivity contribution in [3.63, 3.8) is 0 Å². The molecule has 4 aromatic rings. The number of nitrogens with zero attached hydrogens (tertiary/aromatic N) is 4. The summed E-state index contributed by atoms with van der Waals surface area (Å²) in [4.78, 5) is 23.6. The number of ether oxygens (including phenoxy) is 2. The Morgan fingerprint density at radius 3 is 2.87 bits per heavy atom. The number of rotatable bonds is 9. The number of thiazole rings is 1. The van der Waals surface area contributed by atoms with Crippen LogP contribution in [0.3, 0.4) is 0 Å². The molecule has 0 saturated heterocycles. The summed E-state index contributed by atoms with van der Waals surface area (Å²) in [5.74, 6) is 1.35. The lowest BCUT2D eigenvalue weighted by Gasteiger charge is -2.20. The molecule has 8 heteroatoms. The van der Waals surface area contributed by atoms with E-state index < -0.39 is 0 Å². The minimum Gasteiger partial charge on any atom is -0.497 e. The van der Waals surface area contributed by atoms with E-state index in [9.17, 15) is 4.79 Å². The number of benzene rings is 2.